The van der Waals surface area contributed by atoms with E-state index < -0.39 is 5.97 Å². The van der Waals surface area contributed by atoms with Crippen LogP contribution >= 0.6 is 0 Å². The number of rotatable bonds is 4. The molecule has 2 atom stereocenters. The standard InChI is InChI=1S/C15H18O3/c1-10-4-2-6-12(8-10)14(16)9-11-5-3-7-13(11)15(17)18/h2,4,6,8,11,13H,3,5,7,9H2,1H3,(H,17,18). The minimum atomic E-state index is -0.755. The van der Waals surface area contributed by atoms with E-state index in [0.717, 1.165) is 18.4 Å². The lowest BCUT2D eigenvalue weighted by molar-refractivity contribution is -0.142. The van der Waals surface area contributed by atoms with Gasteiger partial charge < -0.3 is 5.11 Å². The van der Waals surface area contributed by atoms with E-state index in [2.05, 4.69) is 0 Å². The second kappa shape index (κ2) is 5.34. The van der Waals surface area contributed by atoms with Gasteiger partial charge in [-0.05, 0) is 31.7 Å². The van der Waals surface area contributed by atoms with Gasteiger partial charge in [-0.15, -0.1) is 0 Å². The summed E-state index contributed by atoms with van der Waals surface area (Å²) in [7, 11) is 0. The zero-order chi connectivity index (χ0) is 13.1. The van der Waals surface area contributed by atoms with Gasteiger partial charge in [0.15, 0.2) is 5.78 Å². The fourth-order valence-electron chi connectivity index (χ4n) is 2.78. The van der Waals surface area contributed by atoms with Crippen LogP contribution in [0, 0.1) is 18.8 Å². The van der Waals surface area contributed by atoms with Crippen LogP contribution in [0.5, 0.6) is 0 Å². The van der Waals surface area contributed by atoms with Gasteiger partial charge in [0.1, 0.15) is 0 Å². The van der Waals surface area contributed by atoms with Crippen LogP contribution in [0.1, 0.15) is 41.6 Å². The molecule has 3 heteroatoms. The number of hydrogen-bond donors (Lipinski definition) is 1. The highest BCUT2D eigenvalue weighted by atomic mass is 16.4. The van der Waals surface area contributed by atoms with Crippen molar-refractivity contribution in [3.05, 3.63) is 35.4 Å². The third-order valence-corrected chi connectivity index (χ3v) is 3.76. The number of aliphatic carboxylic acids is 1. The van der Waals surface area contributed by atoms with Gasteiger partial charge in [-0.1, -0.05) is 30.2 Å². The Balaban J connectivity index is 2.05. The lowest BCUT2D eigenvalue weighted by Crippen LogP contribution is -2.20. The molecule has 0 radical (unpaired) electrons. The molecule has 2 unspecified atom stereocenters. The SMILES string of the molecule is Cc1cccc(C(=O)CC2CCCC2C(=O)O)c1. The molecule has 1 aliphatic rings. The first-order valence-corrected chi connectivity index (χ1v) is 6.40. The maximum Gasteiger partial charge on any atom is 0.306 e. The normalized spacial score (nSPS) is 22.9. The monoisotopic (exact) mass is 246 g/mol. The second-order valence-electron chi connectivity index (χ2n) is 5.13. The summed E-state index contributed by atoms with van der Waals surface area (Å²) >= 11 is 0. The smallest absolute Gasteiger partial charge is 0.306 e. The molecule has 2 rings (SSSR count). The number of carbonyl (C=O) groups excluding carboxylic acids is 1. The van der Waals surface area contributed by atoms with Gasteiger partial charge in [-0.2, -0.15) is 0 Å². The fraction of sp³-hybridized carbons (Fsp3) is 0.467. The fourth-order valence-corrected chi connectivity index (χ4v) is 2.78. The lowest BCUT2D eigenvalue weighted by Gasteiger charge is -2.14. The molecule has 1 N–H and O–H groups in total. The summed E-state index contributed by atoms with van der Waals surface area (Å²) < 4.78 is 0. The van der Waals surface area contributed by atoms with Crippen LogP contribution in [0.15, 0.2) is 24.3 Å². The third-order valence-electron chi connectivity index (χ3n) is 3.76. The molecule has 0 aliphatic heterocycles. The minimum absolute atomic E-state index is 0.00973. The zero-order valence-electron chi connectivity index (χ0n) is 10.6. The molecule has 0 saturated heterocycles. The lowest BCUT2D eigenvalue weighted by atomic mass is 9.89. The summed E-state index contributed by atoms with van der Waals surface area (Å²) in [6.07, 6.45) is 2.85. The molecule has 0 bridgehead atoms. The third kappa shape index (κ3) is 2.78. The zero-order valence-corrected chi connectivity index (χ0v) is 10.6. The van der Waals surface area contributed by atoms with E-state index in [1.54, 1.807) is 6.07 Å². The Morgan fingerprint density at radius 3 is 2.78 bits per heavy atom. The van der Waals surface area contributed by atoms with Crippen LogP contribution in [0.3, 0.4) is 0 Å². The first-order chi connectivity index (χ1) is 8.58. The van der Waals surface area contributed by atoms with Crippen LogP contribution in [0.25, 0.3) is 0 Å². The van der Waals surface area contributed by atoms with Gasteiger partial charge in [0.2, 0.25) is 0 Å². The van der Waals surface area contributed by atoms with Crippen LogP contribution in [-0.4, -0.2) is 16.9 Å². The molecule has 0 aromatic heterocycles. The van der Waals surface area contributed by atoms with E-state index in [0.29, 0.717) is 18.4 Å². The summed E-state index contributed by atoms with van der Waals surface area (Å²) in [4.78, 5) is 23.2. The van der Waals surface area contributed by atoms with Gasteiger partial charge in [0.25, 0.3) is 0 Å². The molecule has 18 heavy (non-hydrogen) atoms. The molecule has 1 aromatic carbocycles. The highest BCUT2D eigenvalue weighted by Crippen LogP contribution is 2.35. The topological polar surface area (TPSA) is 54.4 Å². The minimum Gasteiger partial charge on any atom is -0.481 e. The highest BCUT2D eigenvalue weighted by Gasteiger charge is 2.34. The van der Waals surface area contributed by atoms with Crippen molar-refractivity contribution in [2.75, 3.05) is 0 Å². The Hall–Kier alpha value is -1.64. The van der Waals surface area contributed by atoms with Crippen molar-refractivity contribution in [1.82, 2.24) is 0 Å². The number of benzene rings is 1. The molecule has 1 aliphatic carbocycles. The van der Waals surface area contributed by atoms with Gasteiger partial charge in [0, 0.05) is 12.0 Å². The van der Waals surface area contributed by atoms with E-state index in [1.165, 1.54) is 0 Å². The summed E-state index contributed by atoms with van der Waals surface area (Å²) in [5.41, 5.74) is 1.76. The summed E-state index contributed by atoms with van der Waals surface area (Å²) in [5, 5.41) is 9.10. The molecule has 1 fully saturated rings. The number of carboxylic acids is 1. The molecule has 1 aromatic rings. The van der Waals surface area contributed by atoms with E-state index in [1.807, 2.05) is 25.1 Å². The number of Topliss-reactive ketones (excluding diaryl/α,β-unsaturated/α-hetero) is 1. The van der Waals surface area contributed by atoms with Crippen molar-refractivity contribution in [3.63, 3.8) is 0 Å². The number of hydrogen-bond acceptors (Lipinski definition) is 2. The predicted molar refractivity (Wildman–Crippen MR) is 68.6 cm³/mol. The van der Waals surface area contributed by atoms with Crippen LogP contribution in [0.4, 0.5) is 0 Å². The Labute approximate surface area is 107 Å². The Kier molecular flexibility index (Phi) is 3.80. The van der Waals surface area contributed by atoms with Gasteiger partial charge in [-0.3, -0.25) is 9.59 Å². The number of carbonyl (C=O) groups is 2. The van der Waals surface area contributed by atoms with Crippen LogP contribution < -0.4 is 0 Å². The summed E-state index contributed by atoms with van der Waals surface area (Å²) in [5.74, 6) is -1.01. The molecule has 0 heterocycles. The molecule has 3 nitrogen and oxygen atoms in total. The van der Waals surface area contributed by atoms with Crippen molar-refractivity contribution in [1.29, 1.82) is 0 Å². The largest absolute Gasteiger partial charge is 0.481 e. The maximum absolute atomic E-state index is 12.1. The van der Waals surface area contributed by atoms with Crippen molar-refractivity contribution < 1.29 is 14.7 Å². The van der Waals surface area contributed by atoms with Crippen LogP contribution in [-0.2, 0) is 4.79 Å². The summed E-state index contributed by atoms with van der Waals surface area (Å²) in [6.45, 7) is 1.95. The molecule has 0 amide bonds. The van der Waals surface area contributed by atoms with E-state index >= 15 is 0 Å². The number of aryl methyl sites for hydroxylation is 1. The van der Waals surface area contributed by atoms with Crippen molar-refractivity contribution in [3.8, 4) is 0 Å². The van der Waals surface area contributed by atoms with Gasteiger partial charge >= 0.3 is 5.97 Å². The van der Waals surface area contributed by atoms with Crippen molar-refractivity contribution >= 4 is 11.8 Å². The number of ketones is 1. The van der Waals surface area contributed by atoms with E-state index in [4.69, 9.17) is 5.11 Å². The maximum atomic E-state index is 12.1. The second-order valence-corrected chi connectivity index (χ2v) is 5.13. The molecular formula is C15H18O3. The number of carboxylic acid groups (broad SMARTS) is 1. The van der Waals surface area contributed by atoms with Gasteiger partial charge in [0.05, 0.1) is 5.92 Å². The van der Waals surface area contributed by atoms with Crippen molar-refractivity contribution in [2.45, 2.75) is 32.6 Å². The van der Waals surface area contributed by atoms with Crippen molar-refractivity contribution in [2.24, 2.45) is 11.8 Å². The van der Waals surface area contributed by atoms with E-state index in [9.17, 15) is 9.59 Å². The van der Waals surface area contributed by atoms with E-state index in [-0.39, 0.29) is 17.6 Å². The average molecular weight is 246 g/mol. The first kappa shape index (κ1) is 12.8. The Morgan fingerprint density at radius 1 is 1.33 bits per heavy atom. The Bertz CT molecular complexity index is 465. The molecule has 0 spiro atoms. The molecule has 96 valence electrons. The van der Waals surface area contributed by atoms with Gasteiger partial charge in [-0.25, -0.2) is 0 Å². The quantitative estimate of drug-likeness (QED) is 0.831. The first-order valence-electron chi connectivity index (χ1n) is 6.40. The van der Waals surface area contributed by atoms with Crippen LogP contribution in [0.2, 0.25) is 0 Å². The predicted octanol–water partition coefficient (Wildman–Crippen LogP) is 3.07. The summed E-state index contributed by atoms with van der Waals surface area (Å²) in [6, 6.07) is 7.49. The average Bonchev–Trinajstić information content (AvgIpc) is 2.77. The highest BCUT2D eigenvalue weighted by molar-refractivity contribution is 5.96. The Morgan fingerprint density at radius 2 is 2.11 bits per heavy atom. The molecular weight excluding hydrogens is 228 g/mol. The molecule has 1 saturated carbocycles.